The Morgan fingerprint density at radius 1 is 1.11 bits per heavy atom. The van der Waals surface area contributed by atoms with Gasteiger partial charge in [-0.15, -0.1) is 11.6 Å². The van der Waals surface area contributed by atoms with E-state index < -0.39 is 0 Å². The Balaban J connectivity index is 2.12. The minimum absolute atomic E-state index is 0.114. The number of ether oxygens (including phenoxy) is 2. The minimum atomic E-state index is 0.114. The molecule has 0 aromatic carbocycles. The number of hydrogen-bond donors (Lipinski definition) is 1. The van der Waals surface area contributed by atoms with Gasteiger partial charge in [-0.2, -0.15) is 9.97 Å². The standard InChI is InChI=1S/C13H20ClN3O2/c1-18-11-8-12(19-2)17-13(16-11)15-10-7-5-3-4-6-9(10)14/h8-10H,3-7H2,1-2H3,(H,15,16,17). The number of halogens is 1. The van der Waals surface area contributed by atoms with Gasteiger partial charge in [0.2, 0.25) is 17.7 Å². The summed E-state index contributed by atoms with van der Waals surface area (Å²) in [5.41, 5.74) is 0. The lowest BCUT2D eigenvalue weighted by Crippen LogP contribution is -2.29. The van der Waals surface area contributed by atoms with Crippen LogP contribution in [0.2, 0.25) is 0 Å². The highest BCUT2D eigenvalue weighted by Crippen LogP contribution is 2.25. The van der Waals surface area contributed by atoms with Crippen LogP contribution in [0.15, 0.2) is 6.07 Å². The van der Waals surface area contributed by atoms with Crippen molar-refractivity contribution in [2.24, 2.45) is 0 Å². The number of rotatable bonds is 4. The van der Waals surface area contributed by atoms with Gasteiger partial charge in [0.25, 0.3) is 0 Å². The summed E-state index contributed by atoms with van der Waals surface area (Å²) in [5, 5.41) is 3.42. The first-order valence-corrected chi connectivity index (χ1v) is 7.04. The van der Waals surface area contributed by atoms with Crippen LogP contribution in [0.4, 0.5) is 5.95 Å². The molecule has 1 saturated carbocycles. The van der Waals surface area contributed by atoms with Gasteiger partial charge in [-0.25, -0.2) is 0 Å². The van der Waals surface area contributed by atoms with Crippen molar-refractivity contribution in [2.45, 2.75) is 43.5 Å². The third-order valence-electron chi connectivity index (χ3n) is 3.34. The van der Waals surface area contributed by atoms with Crippen LogP contribution in [0.25, 0.3) is 0 Å². The van der Waals surface area contributed by atoms with Crippen LogP contribution in [-0.4, -0.2) is 35.6 Å². The number of methoxy groups -OCH3 is 2. The Labute approximate surface area is 118 Å². The van der Waals surface area contributed by atoms with E-state index in [9.17, 15) is 0 Å². The lowest BCUT2D eigenvalue weighted by Gasteiger charge is -2.21. The Morgan fingerprint density at radius 2 is 1.74 bits per heavy atom. The smallest absolute Gasteiger partial charge is 0.229 e. The molecule has 2 unspecified atom stereocenters. The van der Waals surface area contributed by atoms with Gasteiger partial charge < -0.3 is 14.8 Å². The van der Waals surface area contributed by atoms with Crippen molar-refractivity contribution in [1.29, 1.82) is 0 Å². The number of nitrogens with one attached hydrogen (secondary N) is 1. The molecule has 2 rings (SSSR count). The van der Waals surface area contributed by atoms with Crippen LogP contribution in [0.1, 0.15) is 32.1 Å². The lowest BCUT2D eigenvalue weighted by molar-refractivity contribution is 0.372. The number of anilines is 1. The van der Waals surface area contributed by atoms with Crippen LogP contribution in [0.5, 0.6) is 11.8 Å². The number of aromatic nitrogens is 2. The average Bonchev–Trinajstić information content (AvgIpc) is 2.63. The molecular formula is C13H20ClN3O2. The van der Waals surface area contributed by atoms with Gasteiger partial charge in [0.05, 0.1) is 25.7 Å². The van der Waals surface area contributed by atoms with E-state index in [2.05, 4.69) is 15.3 Å². The number of alkyl halides is 1. The number of nitrogens with zero attached hydrogens (tertiary/aromatic N) is 2. The largest absolute Gasteiger partial charge is 0.481 e. The van der Waals surface area contributed by atoms with E-state index >= 15 is 0 Å². The summed E-state index contributed by atoms with van der Waals surface area (Å²) in [4.78, 5) is 8.55. The fourth-order valence-corrected chi connectivity index (χ4v) is 2.61. The minimum Gasteiger partial charge on any atom is -0.481 e. The summed E-state index contributed by atoms with van der Waals surface area (Å²) < 4.78 is 10.3. The molecule has 1 aliphatic carbocycles. The molecule has 0 saturated heterocycles. The predicted octanol–water partition coefficient (Wildman–Crippen LogP) is 2.85. The van der Waals surface area contributed by atoms with Crippen molar-refractivity contribution < 1.29 is 9.47 Å². The molecule has 5 nitrogen and oxygen atoms in total. The van der Waals surface area contributed by atoms with Crippen LogP contribution < -0.4 is 14.8 Å². The predicted molar refractivity (Wildman–Crippen MR) is 75.3 cm³/mol. The Bertz CT molecular complexity index is 395. The maximum absolute atomic E-state index is 6.40. The van der Waals surface area contributed by atoms with Crippen molar-refractivity contribution in [3.05, 3.63) is 6.07 Å². The first-order valence-electron chi connectivity index (χ1n) is 6.60. The maximum atomic E-state index is 6.40. The molecule has 2 atom stereocenters. The molecule has 106 valence electrons. The molecule has 1 aromatic rings. The highest BCUT2D eigenvalue weighted by Gasteiger charge is 2.22. The van der Waals surface area contributed by atoms with Crippen LogP contribution in [0.3, 0.4) is 0 Å². The van der Waals surface area contributed by atoms with E-state index in [1.807, 2.05) is 0 Å². The average molecular weight is 286 g/mol. The Hall–Kier alpha value is -1.23. The summed E-state index contributed by atoms with van der Waals surface area (Å²) >= 11 is 6.40. The van der Waals surface area contributed by atoms with E-state index in [4.69, 9.17) is 21.1 Å². The van der Waals surface area contributed by atoms with Gasteiger partial charge in [-0.3, -0.25) is 0 Å². The molecule has 19 heavy (non-hydrogen) atoms. The molecule has 1 fully saturated rings. The fraction of sp³-hybridized carbons (Fsp3) is 0.692. The van der Waals surface area contributed by atoms with Crippen molar-refractivity contribution in [3.63, 3.8) is 0 Å². The molecule has 1 N–H and O–H groups in total. The van der Waals surface area contributed by atoms with Gasteiger partial charge >= 0.3 is 0 Å². The van der Waals surface area contributed by atoms with Gasteiger partial charge in [0.15, 0.2) is 0 Å². The fourth-order valence-electron chi connectivity index (χ4n) is 2.27. The third-order valence-corrected chi connectivity index (χ3v) is 3.87. The molecule has 0 amide bonds. The monoisotopic (exact) mass is 285 g/mol. The Morgan fingerprint density at radius 3 is 2.37 bits per heavy atom. The SMILES string of the molecule is COc1cc(OC)nc(NC2CCCCCC2Cl)n1. The van der Waals surface area contributed by atoms with Crippen LogP contribution in [-0.2, 0) is 0 Å². The molecule has 1 aliphatic rings. The van der Waals surface area contributed by atoms with E-state index in [1.165, 1.54) is 19.3 Å². The third kappa shape index (κ3) is 3.86. The molecule has 6 heteroatoms. The van der Waals surface area contributed by atoms with Crippen molar-refractivity contribution >= 4 is 17.5 Å². The van der Waals surface area contributed by atoms with Gasteiger partial charge in [0.1, 0.15) is 0 Å². The second-order valence-electron chi connectivity index (χ2n) is 4.68. The van der Waals surface area contributed by atoms with Gasteiger partial charge in [-0.1, -0.05) is 19.3 Å². The van der Waals surface area contributed by atoms with E-state index in [0.29, 0.717) is 17.7 Å². The van der Waals surface area contributed by atoms with E-state index in [0.717, 1.165) is 12.8 Å². The molecule has 1 aromatic heterocycles. The lowest BCUT2D eigenvalue weighted by atomic mass is 10.1. The van der Waals surface area contributed by atoms with E-state index in [-0.39, 0.29) is 11.4 Å². The second kappa shape index (κ2) is 6.80. The summed E-state index contributed by atoms with van der Waals surface area (Å²) in [6.45, 7) is 0. The quantitative estimate of drug-likeness (QED) is 0.681. The second-order valence-corrected chi connectivity index (χ2v) is 5.24. The highest BCUT2D eigenvalue weighted by molar-refractivity contribution is 6.21. The van der Waals surface area contributed by atoms with Gasteiger partial charge in [-0.05, 0) is 12.8 Å². The van der Waals surface area contributed by atoms with Crippen molar-refractivity contribution in [3.8, 4) is 11.8 Å². The topological polar surface area (TPSA) is 56.3 Å². The van der Waals surface area contributed by atoms with Crippen molar-refractivity contribution in [1.82, 2.24) is 9.97 Å². The van der Waals surface area contributed by atoms with Crippen LogP contribution >= 0.6 is 11.6 Å². The Kier molecular flexibility index (Phi) is 5.07. The van der Waals surface area contributed by atoms with E-state index in [1.54, 1.807) is 20.3 Å². The molecule has 1 heterocycles. The first kappa shape index (κ1) is 14.2. The molecule has 0 bridgehead atoms. The summed E-state index contributed by atoms with van der Waals surface area (Å²) in [6, 6.07) is 1.84. The van der Waals surface area contributed by atoms with Crippen molar-refractivity contribution in [2.75, 3.05) is 19.5 Å². The maximum Gasteiger partial charge on any atom is 0.229 e. The normalized spacial score (nSPS) is 23.5. The summed E-state index contributed by atoms with van der Waals surface area (Å²) in [6.07, 6.45) is 5.68. The van der Waals surface area contributed by atoms with Crippen LogP contribution in [0, 0.1) is 0 Å². The zero-order valence-electron chi connectivity index (χ0n) is 11.4. The number of hydrogen-bond acceptors (Lipinski definition) is 5. The first-order chi connectivity index (χ1) is 9.22. The summed E-state index contributed by atoms with van der Waals surface area (Å²) in [5.74, 6) is 1.47. The molecule has 0 aliphatic heterocycles. The zero-order chi connectivity index (χ0) is 13.7. The molecular weight excluding hydrogens is 266 g/mol. The van der Waals surface area contributed by atoms with Gasteiger partial charge in [0, 0.05) is 6.04 Å². The highest BCUT2D eigenvalue weighted by atomic mass is 35.5. The molecule has 0 radical (unpaired) electrons. The summed E-state index contributed by atoms with van der Waals surface area (Å²) in [7, 11) is 3.14. The zero-order valence-corrected chi connectivity index (χ0v) is 12.1. The molecule has 0 spiro atoms.